The summed E-state index contributed by atoms with van der Waals surface area (Å²) in [5.41, 5.74) is 0.845. The Kier molecular flexibility index (Phi) is 6.26. The van der Waals surface area contributed by atoms with Gasteiger partial charge < -0.3 is 10.2 Å². The number of amides is 2. The SMILES string of the molecule is CC(C)C(=O)N1CCCC(C(=O)NC(c2ccc(F)cc2)c2cccs2)C1. The minimum Gasteiger partial charge on any atom is -0.344 e. The first-order valence-electron chi connectivity index (χ1n) is 9.33. The van der Waals surface area contributed by atoms with Crippen LogP contribution in [0.5, 0.6) is 0 Å². The molecule has 4 nitrogen and oxygen atoms in total. The Morgan fingerprint density at radius 1 is 1.22 bits per heavy atom. The third-order valence-electron chi connectivity index (χ3n) is 4.92. The van der Waals surface area contributed by atoms with Crippen LogP contribution in [0.1, 0.15) is 43.2 Å². The van der Waals surface area contributed by atoms with Crippen LogP contribution >= 0.6 is 11.3 Å². The van der Waals surface area contributed by atoms with Crippen molar-refractivity contribution < 1.29 is 14.0 Å². The Labute approximate surface area is 163 Å². The van der Waals surface area contributed by atoms with E-state index in [-0.39, 0.29) is 35.5 Å². The molecule has 2 unspecified atom stereocenters. The van der Waals surface area contributed by atoms with E-state index < -0.39 is 0 Å². The highest BCUT2D eigenvalue weighted by Gasteiger charge is 2.31. The number of nitrogens with zero attached hydrogens (tertiary/aromatic N) is 1. The van der Waals surface area contributed by atoms with Crippen molar-refractivity contribution in [1.29, 1.82) is 0 Å². The fourth-order valence-corrected chi connectivity index (χ4v) is 4.25. The van der Waals surface area contributed by atoms with Crippen LogP contribution in [0.4, 0.5) is 4.39 Å². The Morgan fingerprint density at radius 2 is 1.96 bits per heavy atom. The smallest absolute Gasteiger partial charge is 0.225 e. The number of piperidine rings is 1. The van der Waals surface area contributed by atoms with Crippen LogP contribution in [0, 0.1) is 17.7 Å². The van der Waals surface area contributed by atoms with Crippen LogP contribution in [0.2, 0.25) is 0 Å². The Morgan fingerprint density at radius 3 is 2.59 bits per heavy atom. The van der Waals surface area contributed by atoms with Gasteiger partial charge in [-0.15, -0.1) is 11.3 Å². The number of thiophene rings is 1. The second-order valence-electron chi connectivity index (χ2n) is 7.29. The molecule has 1 aromatic heterocycles. The molecule has 2 atom stereocenters. The molecule has 0 spiro atoms. The zero-order valence-corrected chi connectivity index (χ0v) is 16.5. The highest BCUT2D eigenvalue weighted by Crippen LogP contribution is 2.28. The molecule has 6 heteroatoms. The van der Waals surface area contributed by atoms with Crippen molar-refractivity contribution in [3.63, 3.8) is 0 Å². The Bertz CT molecular complexity index is 774. The molecule has 1 N–H and O–H groups in total. The second-order valence-corrected chi connectivity index (χ2v) is 8.27. The van der Waals surface area contributed by atoms with Crippen LogP contribution in [-0.4, -0.2) is 29.8 Å². The maximum atomic E-state index is 13.3. The van der Waals surface area contributed by atoms with Crippen LogP contribution < -0.4 is 5.32 Å². The van der Waals surface area contributed by atoms with Gasteiger partial charge in [0, 0.05) is 23.9 Å². The minimum absolute atomic E-state index is 0.0565. The first-order chi connectivity index (χ1) is 13.0. The van der Waals surface area contributed by atoms with E-state index in [0.717, 1.165) is 23.3 Å². The highest BCUT2D eigenvalue weighted by molar-refractivity contribution is 7.10. The number of likely N-dealkylation sites (tertiary alicyclic amines) is 1. The normalized spacial score (nSPS) is 18.4. The van der Waals surface area contributed by atoms with Crippen molar-refractivity contribution in [2.24, 2.45) is 11.8 Å². The van der Waals surface area contributed by atoms with Gasteiger partial charge in [-0.3, -0.25) is 9.59 Å². The van der Waals surface area contributed by atoms with Crippen LogP contribution in [0.3, 0.4) is 0 Å². The summed E-state index contributed by atoms with van der Waals surface area (Å²) >= 11 is 1.56. The summed E-state index contributed by atoms with van der Waals surface area (Å²) in [6.45, 7) is 4.94. The van der Waals surface area contributed by atoms with Gasteiger partial charge in [0.25, 0.3) is 0 Å². The highest BCUT2D eigenvalue weighted by atomic mass is 32.1. The largest absolute Gasteiger partial charge is 0.344 e. The van der Waals surface area contributed by atoms with Gasteiger partial charge in [-0.1, -0.05) is 32.0 Å². The fourth-order valence-electron chi connectivity index (χ4n) is 3.45. The molecule has 1 aliphatic heterocycles. The second kappa shape index (κ2) is 8.65. The van der Waals surface area contributed by atoms with Gasteiger partial charge in [0.2, 0.25) is 11.8 Å². The summed E-state index contributed by atoms with van der Waals surface area (Å²) in [5.74, 6) is -0.542. The zero-order valence-electron chi connectivity index (χ0n) is 15.7. The number of halogens is 1. The average Bonchev–Trinajstić information content (AvgIpc) is 3.20. The number of carbonyl (C=O) groups is 2. The van der Waals surface area contributed by atoms with Gasteiger partial charge in [0.15, 0.2) is 0 Å². The monoisotopic (exact) mass is 388 g/mol. The third kappa shape index (κ3) is 4.75. The number of benzene rings is 1. The van der Waals surface area contributed by atoms with Crippen molar-refractivity contribution in [3.8, 4) is 0 Å². The van der Waals surface area contributed by atoms with Crippen LogP contribution in [0.15, 0.2) is 41.8 Å². The minimum atomic E-state index is -0.311. The lowest BCUT2D eigenvalue weighted by atomic mass is 9.95. The maximum Gasteiger partial charge on any atom is 0.225 e. The molecular weight excluding hydrogens is 363 g/mol. The molecular formula is C21H25FN2O2S. The number of rotatable bonds is 5. The van der Waals surface area contributed by atoms with Crippen LogP contribution in [0.25, 0.3) is 0 Å². The molecule has 1 saturated heterocycles. The predicted octanol–water partition coefficient (Wildman–Crippen LogP) is 3.99. The van der Waals surface area contributed by atoms with Crippen molar-refractivity contribution in [2.75, 3.05) is 13.1 Å². The van der Waals surface area contributed by atoms with Gasteiger partial charge >= 0.3 is 0 Å². The molecule has 1 aliphatic rings. The van der Waals surface area contributed by atoms with Gasteiger partial charge in [-0.2, -0.15) is 0 Å². The quantitative estimate of drug-likeness (QED) is 0.842. The number of carbonyl (C=O) groups excluding carboxylic acids is 2. The van der Waals surface area contributed by atoms with E-state index >= 15 is 0 Å². The van der Waals surface area contributed by atoms with Crippen molar-refractivity contribution in [2.45, 2.75) is 32.7 Å². The summed E-state index contributed by atoms with van der Waals surface area (Å²) in [6.07, 6.45) is 1.60. The lowest BCUT2D eigenvalue weighted by Crippen LogP contribution is -2.47. The van der Waals surface area contributed by atoms with E-state index in [9.17, 15) is 14.0 Å². The Balaban J connectivity index is 1.74. The zero-order chi connectivity index (χ0) is 19.4. The maximum absolute atomic E-state index is 13.3. The lowest BCUT2D eigenvalue weighted by Gasteiger charge is -2.34. The molecule has 2 aromatic rings. The van der Waals surface area contributed by atoms with E-state index in [1.807, 2.05) is 31.4 Å². The summed E-state index contributed by atoms with van der Waals surface area (Å²) in [5, 5.41) is 5.08. The molecule has 1 fully saturated rings. The molecule has 0 bridgehead atoms. The molecule has 0 radical (unpaired) electrons. The molecule has 1 aromatic carbocycles. The number of hydrogen-bond acceptors (Lipinski definition) is 3. The first-order valence-corrected chi connectivity index (χ1v) is 10.2. The standard InChI is InChI=1S/C21H25FN2O2S/c1-14(2)21(26)24-11-3-5-16(13-24)20(25)23-19(18-6-4-12-27-18)15-7-9-17(22)10-8-15/h4,6-10,12,14,16,19H,3,5,11,13H2,1-2H3,(H,23,25). The third-order valence-corrected chi connectivity index (χ3v) is 5.85. The molecule has 2 amide bonds. The number of hydrogen-bond donors (Lipinski definition) is 1. The van der Waals surface area contributed by atoms with E-state index in [2.05, 4.69) is 5.32 Å². The topological polar surface area (TPSA) is 49.4 Å². The summed E-state index contributed by atoms with van der Waals surface area (Å²) in [4.78, 5) is 28.1. The fraction of sp³-hybridized carbons (Fsp3) is 0.429. The summed E-state index contributed by atoms with van der Waals surface area (Å²) < 4.78 is 13.3. The predicted molar refractivity (Wildman–Crippen MR) is 105 cm³/mol. The summed E-state index contributed by atoms with van der Waals surface area (Å²) in [6, 6.07) is 9.82. The van der Waals surface area contributed by atoms with Crippen LogP contribution in [-0.2, 0) is 9.59 Å². The van der Waals surface area contributed by atoms with Crippen molar-refractivity contribution >= 4 is 23.2 Å². The van der Waals surface area contributed by atoms with E-state index in [1.165, 1.54) is 12.1 Å². The molecule has 27 heavy (non-hydrogen) atoms. The molecule has 3 rings (SSSR count). The average molecular weight is 389 g/mol. The van der Waals surface area contributed by atoms with Crippen molar-refractivity contribution in [3.05, 3.63) is 58.0 Å². The van der Waals surface area contributed by atoms with Gasteiger partial charge in [0.1, 0.15) is 5.82 Å². The molecule has 144 valence electrons. The van der Waals surface area contributed by atoms with Gasteiger partial charge in [0.05, 0.1) is 12.0 Å². The van der Waals surface area contributed by atoms with E-state index in [0.29, 0.717) is 13.1 Å². The first kappa shape index (κ1) is 19.5. The van der Waals surface area contributed by atoms with Gasteiger partial charge in [-0.05, 0) is 42.0 Å². The molecule has 0 aliphatic carbocycles. The van der Waals surface area contributed by atoms with E-state index in [4.69, 9.17) is 0 Å². The number of nitrogens with one attached hydrogen (secondary N) is 1. The molecule has 2 heterocycles. The van der Waals surface area contributed by atoms with Crippen molar-refractivity contribution in [1.82, 2.24) is 10.2 Å². The lowest BCUT2D eigenvalue weighted by molar-refractivity contribution is -0.138. The Hall–Kier alpha value is -2.21. The van der Waals surface area contributed by atoms with Gasteiger partial charge in [-0.25, -0.2) is 4.39 Å². The van der Waals surface area contributed by atoms with E-state index in [1.54, 1.807) is 28.4 Å². The summed E-state index contributed by atoms with van der Waals surface area (Å²) in [7, 11) is 0. The molecule has 0 saturated carbocycles.